The van der Waals surface area contributed by atoms with Crippen molar-refractivity contribution in [2.45, 2.75) is 32.4 Å². The maximum atomic E-state index is 12.3. The van der Waals surface area contributed by atoms with Crippen LogP contribution in [0.4, 0.5) is 0 Å². The highest BCUT2D eigenvalue weighted by molar-refractivity contribution is 5.44. The maximum Gasteiger partial charge on any atom is 0.276 e. The Hall–Kier alpha value is -1.62. The fraction of sp³-hybridized carbons (Fsp3) is 0.538. The molecule has 1 fully saturated rings. The summed E-state index contributed by atoms with van der Waals surface area (Å²) in [5.74, 6) is 0.727. The number of likely N-dealkylation sites (N-methyl/N-ethyl adjacent to an activating group) is 1. The van der Waals surface area contributed by atoms with Crippen LogP contribution in [0.15, 0.2) is 23.3 Å². The smallest absolute Gasteiger partial charge is 0.276 e. The minimum atomic E-state index is 0.0407. The summed E-state index contributed by atoms with van der Waals surface area (Å²) in [6.45, 7) is 2.64. The zero-order valence-electron chi connectivity index (χ0n) is 10.8. The highest BCUT2D eigenvalue weighted by atomic mass is 16.1. The Morgan fingerprint density at radius 1 is 1.50 bits per heavy atom. The highest BCUT2D eigenvalue weighted by Gasteiger charge is 2.30. The molecule has 0 bridgehead atoms. The van der Waals surface area contributed by atoms with E-state index in [9.17, 15) is 4.79 Å². The molecule has 1 N–H and O–H groups in total. The molecule has 3 rings (SSSR count). The molecule has 2 aromatic heterocycles. The van der Waals surface area contributed by atoms with Crippen molar-refractivity contribution in [1.29, 1.82) is 0 Å². The van der Waals surface area contributed by atoms with Crippen LogP contribution in [0, 0.1) is 12.8 Å². The van der Waals surface area contributed by atoms with E-state index in [0.29, 0.717) is 11.6 Å². The lowest BCUT2D eigenvalue weighted by Gasteiger charge is -2.16. The molecule has 0 spiro atoms. The first-order valence-corrected chi connectivity index (χ1v) is 6.42. The molecule has 96 valence electrons. The Morgan fingerprint density at radius 2 is 2.28 bits per heavy atom. The number of nitrogens with zero attached hydrogens (tertiary/aromatic N) is 3. The third-order valence-corrected chi connectivity index (χ3v) is 3.68. The fourth-order valence-electron chi connectivity index (χ4n) is 2.48. The van der Waals surface area contributed by atoms with Crippen molar-refractivity contribution in [3.63, 3.8) is 0 Å². The molecule has 5 heteroatoms. The van der Waals surface area contributed by atoms with Gasteiger partial charge in [-0.15, -0.1) is 0 Å². The van der Waals surface area contributed by atoms with Gasteiger partial charge in [0.25, 0.3) is 5.56 Å². The van der Waals surface area contributed by atoms with Gasteiger partial charge in [0.05, 0.1) is 5.69 Å². The molecule has 0 saturated heterocycles. The summed E-state index contributed by atoms with van der Waals surface area (Å²) in [7, 11) is 1.97. The van der Waals surface area contributed by atoms with Crippen LogP contribution in [0.2, 0.25) is 0 Å². The van der Waals surface area contributed by atoms with E-state index in [1.165, 1.54) is 12.8 Å². The minimum absolute atomic E-state index is 0.0407. The largest absolute Gasteiger partial charge is 0.315 e. The van der Waals surface area contributed by atoms with E-state index in [0.717, 1.165) is 18.2 Å². The van der Waals surface area contributed by atoms with Gasteiger partial charge in [-0.05, 0) is 38.8 Å². The summed E-state index contributed by atoms with van der Waals surface area (Å²) in [5.41, 5.74) is 1.57. The van der Waals surface area contributed by atoms with E-state index in [2.05, 4.69) is 10.4 Å². The molecule has 1 aliphatic carbocycles. The van der Waals surface area contributed by atoms with Gasteiger partial charge in [0.15, 0.2) is 0 Å². The fourth-order valence-corrected chi connectivity index (χ4v) is 2.48. The molecule has 0 radical (unpaired) electrons. The van der Waals surface area contributed by atoms with Crippen LogP contribution in [0.1, 0.15) is 18.5 Å². The SMILES string of the molecule is CNC(Cn1ccn2nc(C)cc2c1=O)C1CC1. The molecular formula is C13H18N4O. The van der Waals surface area contributed by atoms with Crippen LogP contribution in [0.5, 0.6) is 0 Å². The van der Waals surface area contributed by atoms with Crippen molar-refractivity contribution < 1.29 is 0 Å². The van der Waals surface area contributed by atoms with Crippen LogP contribution in [-0.4, -0.2) is 27.3 Å². The monoisotopic (exact) mass is 246 g/mol. The van der Waals surface area contributed by atoms with Gasteiger partial charge < -0.3 is 9.88 Å². The first-order valence-electron chi connectivity index (χ1n) is 6.42. The van der Waals surface area contributed by atoms with E-state index in [1.54, 1.807) is 9.08 Å². The molecular weight excluding hydrogens is 228 g/mol. The molecule has 1 unspecified atom stereocenters. The number of hydrogen-bond acceptors (Lipinski definition) is 3. The summed E-state index contributed by atoms with van der Waals surface area (Å²) in [6.07, 6.45) is 6.22. The van der Waals surface area contributed by atoms with Crippen LogP contribution >= 0.6 is 0 Å². The summed E-state index contributed by atoms with van der Waals surface area (Å²) < 4.78 is 3.44. The Balaban J connectivity index is 1.96. The Bertz CT molecular complexity index is 623. The third kappa shape index (κ3) is 1.95. The van der Waals surface area contributed by atoms with Crippen LogP contribution in [0.3, 0.4) is 0 Å². The van der Waals surface area contributed by atoms with Gasteiger partial charge >= 0.3 is 0 Å². The van der Waals surface area contributed by atoms with E-state index < -0.39 is 0 Å². The quantitative estimate of drug-likeness (QED) is 0.868. The number of rotatable bonds is 4. The number of aryl methyl sites for hydroxylation is 1. The molecule has 0 amide bonds. The third-order valence-electron chi connectivity index (χ3n) is 3.68. The van der Waals surface area contributed by atoms with Crippen LogP contribution in [0.25, 0.3) is 5.52 Å². The lowest BCUT2D eigenvalue weighted by Crippen LogP contribution is -2.36. The van der Waals surface area contributed by atoms with Gasteiger partial charge in [-0.25, -0.2) is 4.52 Å². The van der Waals surface area contributed by atoms with Crippen LogP contribution < -0.4 is 10.9 Å². The van der Waals surface area contributed by atoms with E-state index in [1.807, 2.05) is 32.4 Å². The highest BCUT2D eigenvalue weighted by Crippen LogP contribution is 2.32. The summed E-state index contributed by atoms with van der Waals surface area (Å²) >= 11 is 0. The van der Waals surface area contributed by atoms with Gasteiger partial charge in [-0.3, -0.25) is 4.79 Å². The Labute approximate surface area is 105 Å². The minimum Gasteiger partial charge on any atom is -0.315 e. The second-order valence-electron chi connectivity index (χ2n) is 5.10. The zero-order valence-corrected chi connectivity index (χ0v) is 10.8. The standard InChI is InChI=1S/C13H18N4O/c1-9-7-12-13(18)16(5-6-17(12)15-9)8-11(14-2)10-3-4-10/h5-7,10-11,14H,3-4,8H2,1-2H3. The van der Waals surface area contributed by atoms with Gasteiger partial charge in [0, 0.05) is 25.0 Å². The Kier molecular flexibility index (Phi) is 2.70. The van der Waals surface area contributed by atoms with Gasteiger partial charge in [0.2, 0.25) is 0 Å². The number of hydrogen-bond donors (Lipinski definition) is 1. The topological polar surface area (TPSA) is 51.3 Å². The van der Waals surface area contributed by atoms with Gasteiger partial charge in [0.1, 0.15) is 5.52 Å². The van der Waals surface area contributed by atoms with E-state index in [-0.39, 0.29) is 5.56 Å². The maximum absolute atomic E-state index is 12.3. The van der Waals surface area contributed by atoms with E-state index >= 15 is 0 Å². The molecule has 1 saturated carbocycles. The van der Waals surface area contributed by atoms with Crippen LogP contribution in [-0.2, 0) is 6.54 Å². The number of nitrogens with one attached hydrogen (secondary N) is 1. The molecule has 1 atom stereocenters. The lowest BCUT2D eigenvalue weighted by atomic mass is 10.2. The van der Waals surface area contributed by atoms with Crippen molar-refractivity contribution in [1.82, 2.24) is 19.5 Å². The van der Waals surface area contributed by atoms with Crippen molar-refractivity contribution in [3.8, 4) is 0 Å². The predicted octanol–water partition coefficient (Wildman–Crippen LogP) is 0.802. The van der Waals surface area contributed by atoms with Crippen molar-refractivity contribution in [3.05, 3.63) is 34.5 Å². The summed E-state index contributed by atoms with van der Waals surface area (Å²) in [6, 6.07) is 2.24. The van der Waals surface area contributed by atoms with Gasteiger partial charge in [-0.2, -0.15) is 5.10 Å². The second-order valence-corrected chi connectivity index (χ2v) is 5.10. The molecule has 18 heavy (non-hydrogen) atoms. The molecule has 0 aromatic carbocycles. The lowest BCUT2D eigenvalue weighted by molar-refractivity contribution is 0.429. The average Bonchev–Trinajstić information content (AvgIpc) is 3.11. The molecule has 5 nitrogen and oxygen atoms in total. The first-order chi connectivity index (χ1) is 8.69. The number of aromatic nitrogens is 3. The van der Waals surface area contributed by atoms with Crippen molar-refractivity contribution >= 4 is 5.52 Å². The Morgan fingerprint density at radius 3 is 2.94 bits per heavy atom. The van der Waals surface area contributed by atoms with E-state index in [4.69, 9.17) is 0 Å². The normalized spacial score (nSPS) is 17.2. The summed E-state index contributed by atoms with van der Waals surface area (Å²) in [5, 5.41) is 7.56. The summed E-state index contributed by atoms with van der Waals surface area (Å²) in [4.78, 5) is 12.3. The number of fused-ring (bicyclic) bond motifs is 1. The van der Waals surface area contributed by atoms with Gasteiger partial charge in [-0.1, -0.05) is 0 Å². The molecule has 2 aromatic rings. The molecule has 1 aliphatic rings. The predicted molar refractivity (Wildman–Crippen MR) is 69.8 cm³/mol. The average molecular weight is 246 g/mol. The zero-order chi connectivity index (χ0) is 12.7. The first kappa shape index (κ1) is 11.5. The van der Waals surface area contributed by atoms with Crippen molar-refractivity contribution in [2.24, 2.45) is 5.92 Å². The van der Waals surface area contributed by atoms with Crippen molar-refractivity contribution in [2.75, 3.05) is 7.05 Å². The molecule has 0 aliphatic heterocycles. The molecule has 2 heterocycles. The second kappa shape index (κ2) is 4.24.